The molecule has 0 aliphatic rings. The van der Waals surface area contributed by atoms with Crippen molar-refractivity contribution in [3.8, 4) is 0 Å². The number of esters is 1. The minimum atomic E-state index is -1.23. The summed E-state index contributed by atoms with van der Waals surface area (Å²) in [6, 6.07) is 0. The number of aliphatic hydroxyl groups excluding tert-OH is 1. The van der Waals surface area contributed by atoms with Gasteiger partial charge in [0, 0.05) is 13.8 Å². The van der Waals surface area contributed by atoms with Crippen LogP contribution >= 0.6 is 0 Å². The molecular weight excluding hydrogens is 264 g/mol. The number of aliphatic hydroxyl groups is 1. The first-order chi connectivity index (χ1) is 8.56. The number of hydrogen-bond acceptors (Lipinski definition) is 6. The number of carbonyl (C=O) groups excluding carboxylic acids is 1. The van der Waals surface area contributed by atoms with Crippen LogP contribution in [0.1, 0.15) is 27.7 Å². The lowest BCUT2D eigenvalue weighted by Gasteiger charge is -1.89. The first-order valence-corrected chi connectivity index (χ1v) is 4.88. The van der Waals surface area contributed by atoms with Crippen LogP contribution < -0.4 is 0 Å². The molecule has 0 aromatic carbocycles. The van der Waals surface area contributed by atoms with E-state index in [9.17, 15) is 9.59 Å². The predicted molar refractivity (Wildman–Crippen MR) is 63.6 cm³/mol. The zero-order valence-corrected chi connectivity index (χ0v) is 11.2. The van der Waals surface area contributed by atoms with Gasteiger partial charge >= 0.3 is 11.9 Å². The Hall–Kier alpha value is -2.16. The molecule has 9 heteroatoms. The van der Waals surface area contributed by atoms with Crippen LogP contribution in [0.15, 0.2) is 0 Å². The monoisotopic (exact) mass is 284 g/mol. The normalized spacial score (nSPS) is 8.68. The van der Waals surface area contributed by atoms with E-state index in [4.69, 9.17) is 30.0 Å². The highest BCUT2D eigenvalue weighted by atomic mass is 16.5. The minimum absolute atomic E-state index is 0.211. The molecule has 0 spiro atoms. The Bertz CT molecular complexity index is 243. The molecule has 19 heavy (non-hydrogen) atoms. The van der Waals surface area contributed by atoms with Crippen molar-refractivity contribution in [2.45, 2.75) is 33.8 Å². The number of aliphatic carboxylic acids is 2. The summed E-state index contributed by atoms with van der Waals surface area (Å²) in [7, 11) is 0. The molecule has 9 nitrogen and oxygen atoms in total. The summed E-state index contributed by atoms with van der Waals surface area (Å²) in [6.07, 6.45) is -1.23. The van der Waals surface area contributed by atoms with Gasteiger partial charge < -0.3 is 25.2 Å². The first kappa shape index (κ1) is 25.6. The van der Waals surface area contributed by atoms with E-state index in [0.29, 0.717) is 6.61 Å². The molecule has 0 saturated heterocycles. The quantitative estimate of drug-likeness (QED) is 0.398. The Morgan fingerprint density at radius 1 is 1.21 bits per heavy atom. The van der Waals surface area contributed by atoms with E-state index in [0.717, 1.165) is 6.92 Å². The summed E-state index contributed by atoms with van der Waals surface area (Å²) in [6.45, 7) is 5.68. The van der Waals surface area contributed by atoms with Crippen LogP contribution in [0.25, 0.3) is 0 Å². The lowest BCUT2D eigenvalue weighted by molar-refractivity contribution is -0.145. The average molecular weight is 284 g/mol. The molecule has 0 heterocycles. The third-order valence-electron chi connectivity index (χ3n) is 0.705. The lowest BCUT2D eigenvalue weighted by atomic mass is 10.4. The van der Waals surface area contributed by atoms with Crippen molar-refractivity contribution in [3.63, 3.8) is 0 Å². The highest BCUT2D eigenvalue weighted by molar-refractivity contribution is 5.71. The van der Waals surface area contributed by atoms with Gasteiger partial charge in [-0.3, -0.25) is 14.4 Å². The van der Waals surface area contributed by atoms with Gasteiger partial charge in [-0.2, -0.15) is 0 Å². The fourth-order valence-electron chi connectivity index (χ4n) is 0.203. The Balaban J connectivity index is -0.0000000821. The smallest absolute Gasteiger partial charge is 0.332 e. The highest BCUT2D eigenvalue weighted by Gasteiger charge is 2.01. The van der Waals surface area contributed by atoms with Gasteiger partial charge in [0.05, 0.1) is 6.61 Å². The molecule has 114 valence electrons. The van der Waals surface area contributed by atoms with Gasteiger partial charge in [0.1, 0.15) is 6.10 Å². The zero-order chi connectivity index (χ0) is 16.4. The summed E-state index contributed by atoms with van der Waals surface area (Å²) in [5, 5.41) is 30.1. The van der Waals surface area contributed by atoms with Crippen LogP contribution in [0.3, 0.4) is 0 Å². The van der Waals surface area contributed by atoms with Gasteiger partial charge in [-0.25, -0.2) is 4.79 Å². The summed E-state index contributed by atoms with van der Waals surface area (Å²) in [5.74, 6) is -2.23. The maximum Gasteiger partial charge on any atom is 0.332 e. The van der Waals surface area contributed by atoms with Crippen molar-refractivity contribution in [1.29, 1.82) is 0 Å². The van der Waals surface area contributed by atoms with Gasteiger partial charge in [0.25, 0.3) is 12.4 Å². The summed E-state index contributed by atoms with van der Waals surface area (Å²) < 4.78 is 4.40. The largest absolute Gasteiger partial charge is 0.483 e. The summed E-state index contributed by atoms with van der Waals surface area (Å²) >= 11 is 0. The van der Waals surface area contributed by atoms with Gasteiger partial charge in [0.2, 0.25) is 0 Å². The molecule has 0 radical (unpaired) electrons. The number of ether oxygens (including phenoxy) is 1. The van der Waals surface area contributed by atoms with Gasteiger partial charge in [-0.15, -0.1) is 0 Å². The molecule has 0 fully saturated rings. The standard InChI is InChI=1S/C4H8O2.C3H6O3.C2H4O2.CH2O2/c1-3-6-4(2)5;1-2(4)3(5)6;1-2(3)4;2-1-3/h3H2,1-2H3;2,4H,1H3,(H,5,6);1H3,(H,3,4);1H,(H,2,3). The van der Waals surface area contributed by atoms with Crippen LogP contribution in [-0.2, 0) is 23.9 Å². The van der Waals surface area contributed by atoms with Crippen molar-refractivity contribution in [2.75, 3.05) is 6.61 Å². The van der Waals surface area contributed by atoms with Crippen molar-refractivity contribution in [3.05, 3.63) is 0 Å². The fourth-order valence-corrected chi connectivity index (χ4v) is 0.203. The molecule has 1 unspecified atom stereocenters. The molecule has 1 atom stereocenters. The van der Waals surface area contributed by atoms with Crippen LogP contribution in [-0.4, -0.2) is 57.5 Å². The van der Waals surface area contributed by atoms with Crippen molar-refractivity contribution < 1.29 is 44.3 Å². The van der Waals surface area contributed by atoms with Gasteiger partial charge in [0.15, 0.2) is 0 Å². The summed E-state index contributed by atoms with van der Waals surface area (Å²) in [5.41, 5.74) is 0. The highest BCUT2D eigenvalue weighted by Crippen LogP contribution is 1.73. The molecule has 0 aliphatic heterocycles. The fraction of sp³-hybridized carbons (Fsp3) is 0.600. The number of carbonyl (C=O) groups is 4. The van der Waals surface area contributed by atoms with Gasteiger partial charge in [-0.1, -0.05) is 0 Å². The molecule has 0 bridgehead atoms. The zero-order valence-electron chi connectivity index (χ0n) is 11.2. The third kappa shape index (κ3) is 130. The Morgan fingerprint density at radius 2 is 1.42 bits per heavy atom. The maximum atomic E-state index is 9.82. The van der Waals surface area contributed by atoms with E-state index in [-0.39, 0.29) is 12.4 Å². The molecule has 4 N–H and O–H groups in total. The number of hydrogen-bond donors (Lipinski definition) is 4. The lowest BCUT2D eigenvalue weighted by Crippen LogP contribution is -2.13. The Morgan fingerprint density at radius 3 is 1.42 bits per heavy atom. The van der Waals surface area contributed by atoms with E-state index >= 15 is 0 Å². The van der Waals surface area contributed by atoms with Crippen molar-refractivity contribution >= 4 is 24.4 Å². The van der Waals surface area contributed by atoms with E-state index in [1.54, 1.807) is 6.92 Å². The predicted octanol–water partition coefficient (Wildman–Crippen LogP) is -0.187. The molecule has 0 aliphatic carbocycles. The second kappa shape index (κ2) is 21.2. The minimum Gasteiger partial charge on any atom is -0.483 e. The molecule has 0 aromatic heterocycles. The van der Waals surface area contributed by atoms with Crippen molar-refractivity contribution in [2.24, 2.45) is 0 Å². The molecular formula is C10H20O9. The maximum absolute atomic E-state index is 9.82. The first-order valence-electron chi connectivity index (χ1n) is 4.88. The van der Waals surface area contributed by atoms with E-state index in [1.807, 2.05) is 0 Å². The second-order valence-electron chi connectivity index (χ2n) is 2.56. The van der Waals surface area contributed by atoms with Gasteiger partial charge in [-0.05, 0) is 13.8 Å². The topological polar surface area (TPSA) is 158 Å². The Labute approximate surface area is 110 Å². The SMILES string of the molecule is CC(=O)O.CC(O)C(=O)O.CCOC(C)=O.O=CO. The van der Waals surface area contributed by atoms with Crippen LogP contribution in [0, 0.1) is 0 Å². The van der Waals surface area contributed by atoms with Crippen LogP contribution in [0.2, 0.25) is 0 Å². The van der Waals surface area contributed by atoms with E-state index in [2.05, 4.69) is 4.74 Å². The third-order valence-corrected chi connectivity index (χ3v) is 0.705. The molecule has 0 amide bonds. The average Bonchev–Trinajstić information content (AvgIpc) is 2.17. The van der Waals surface area contributed by atoms with E-state index < -0.39 is 18.0 Å². The number of rotatable bonds is 2. The van der Waals surface area contributed by atoms with Crippen LogP contribution in [0.4, 0.5) is 0 Å². The number of carboxylic acids is 2. The molecule has 0 aromatic rings. The van der Waals surface area contributed by atoms with E-state index in [1.165, 1.54) is 13.8 Å². The number of carboxylic acid groups (broad SMARTS) is 3. The van der Waals surface area contributed by atoms with Crippen LogP contribution in [0.5, 0.6) is 0 Å². The molecule has 0 rings (SSSR count). The molecule has 0 saturated carbocycles. The second-order valence-corrected chi connectivity index (χ2v) is 2.56. The van der Waals surface area contributed by atoms with Crippen molar-refractivity contribution in [1.82, 2.24) is 0 Å². The Kier molecular flexibility index (Phi) is 28.5. The summed E-state index contributed by atoms with van der Waals surface area (Å²) in [4.78, 5) is 36.6.